The minimum absolute atomic E-state index is 0.0601. The first-order valence-electron chi connectivity index (χ1n) is 6.23. The van der Waals surface area contributed by atoms with Crippen molar-refractivity contribution < 1.29 is 14.4 Å². The number of rotatable bonds is 4. The lowest BCUT2D eigenvalue weighted by Gasteiger charge is -2.38. The minimum Gasteiger partial charge on any atom is -0.370 e. The van der Waals surface area contributed by atoms with E-state index in [9.17, 15) is 14.4 Å². The molecule has 0 saturated carbocycles. The summed E-state index contributed by atoms with van der Waals surface area (Å²) in [6.45, 7) is 3.91. The Balaban J connectivity index is 2.43. The van der Waals surface area contributed by atoms with Crippen LogP contribution >= 0.6 is 11.8 Å². The normalized spacial score (nSPS) is 16.7. The van der Waals surface area contributed by atoms with Gasteiger partial charge in [0.15, 0.2) is 0 Å². The summed E-state index contributed by atoms with van der Waals surface area (Å²) >= 11 is 1.42. The van der Waals surface area contributed by atoms with Crippen LogP contribution in [0.5, 0.6) is 0 Å². The van der Waals surface area contributed by atoms with E-state index in [1.54, 1.807) is 23.1 Å². The van der Waals surface area contributed by atoms with E-state index in [2.05, 4.69) is 0 Å². The lowest BCUT2D eigenvalue weighted by Crippen LogP contribution is -2.47. The summed E-state index contributed by atoms with van der Waals surface area (Å²) in [6.07, 6.45) is 0.888. The number of thioether (sulfide) groups is 1. The molecule has 0 saturated heterocycles. The number of carbonyl (C=O) groups is 3. The van der Waals surface area contributed by atoms with Crippen molar-refractivity contribution in [1.82, 2.24) is 0 Å². The van der Waals surface area contributed by atoms with Crippen LogP contribution in [0.25, 0.3) is 0 Å². The Morgan fingerprint density at radius 1 is 1.45 bits per heavy atom. The van der Waals surface area contributed by atoms with E-state index in [1.807, 2.05) is 13.8 Å². The van der Waals surface area contributed by atoms with Gasteiger partial charge in [-0.2, -0.15) is 0 Å². The highest BCUT2D eigenvalue weighted by Gasteiger charge is 2.39. The van der Waals surface area contributed by atoms with Gasteiger partial charge in [-0.15, -0.1) is 11.8 Å². The molecule has 0 aliphatic carbocycles. The molecule has 0 fully saturated rings. The third kappa shape index (κ3) is 2.70. The molecule has 6 heteroatoms. The molecule has 1 aromatic rings. The van der Waals surface area contributed by atoms with Crippen molar-refractivity contribution in [2.24, 2.45) is 5.73 Å². The molecule has 5 nitrogen and oxygen atoms in total. The number of aldehydes is 1. The van der Waals surface area contributed by atoms with Gasteiger partial charge in [0.25, 0.3) is 0 Å². The zero-order valence-electron chi connectivity index (χ0n) is 11.4. The molecule has 0 radical (unpaired) electrons. The number of hydrogen-bond acceptors (Lipinski definition) is 4. The average molecular weight is 292 g/mol. The van der Waals surface area contributed by atoms with E-state index in [4.69, 9.17) is 5.73 Å². The summed E-state index contributed by atoms with van der Waals surface area (Å²) in [7, 11) is 0. The lowest BCUT2D eigenvalue weighted by atomic mass is 10.1. The number of hydrogen-bond donors (Lipinski definition) is 1. The van der Waals surface area contributed by atoms with Gasteiger partial charge in [-0.3, -0.25) is 14.4 Å². The van der Waals surface area contributed by atoms with Gasteiger partial charge in [-0.05, 0) is 32.0 Å². The maximum absolute atomic E-state index is 12.5. The number of fused-ring (bicyclic) bond motifs is 1. The van der Waals surface area contributed by atoms with Gasteiger partial charge in [0.05, 0.1) is 10.4 Å². The van der Waals surface area contributed by atoms with Crippen LogP contribution in [0, 0.1) is 0 Å². The van der Waals surface area contributed by atoms with E-state index in [-0.39, 0.29) is 18.9 Å². The van der Waals surface area contributed by atoms with Gasteiger partial charge in [0.2, 0.25) is 11.8 Å². The third-order valence-electron chi connectivity index (χ3n) is 3.12. The summed E-state index contributed by atoms with van der Waals surface area (Å²) in [4.78, 5) is 36.7. The second kappa shape index (κ2) is 5.28. The van der Waals surface area contributed by atoms with Crippen molar-refractivity contribution in [1.29, 1.82) is 0 Å². The zero-order chi connectivity index (χ0) is 14.9. The fourth-order valence-corrected chi connectivity index (χ4v) is 3.33. The highest BCUT2D eigenvalue weighted by Crippen LogP contribution is 2.45. The minimum atomic E-state index is -0.633. The largest absolute Gasteiger partial charge is 0.370 e. The third-order valence-corrected chi connectivity index (χ3v) is 4.35. The van der Waals surface area contributed by atoms with Crippen LogP contribution in [0.4, 0.5) is 5.69 Å². The van der Waals surface area contributed by atoms with Crippen LogP contribution in [0.3, 0.4) is 0 Å². The van der Waals surface area contributed by atoms with Crippen molar-refractivity contribution in [3.63, 3.8) is 0 Å². The summed E-state index contributed by atoms with van der Waals surface area (Å²) in [5, 5.41) is 0. The number of amides is 2. The number of carbonyl (C=O) groups excluding carboxylic acids is 3. The number of primary amides is 1. The van der Waals surface area contributed by atoms with Crippen LogP contribution < -0.4 is 10.6 Å². The predicted molar refractivity (Wildman–Crippen MR) is 77.9 cm³/mol. The Morgan fingerprint density at radius 2 is 2.15 bits per heavy atom. The van der Waals surface area contributed by atoms with Gasteiger partial charge >= 0.3 is 0 Å². The number of nitrogens with zero attached hydrogens (tertiary/aromatic N) is 1. The van der Waals surface area contributed by atoms with Crippen molar-refractivity contribution in [2.75, 3.05) is 11.4 Å². The van der Waals surface area contributed by atoms with Crippen LogP contribution in [-0.4, -0.2) is 29.4 Å². The first-order valence-corrected chi connectivity index (χ1v) is 7.05. The molecule has 0 aromatic heterocycles. The smallest absolute Gasteiger partial charge is 0.243 e. The summed E-state index contributed by atoms with van der Waals surface area (Å²) in [5.41, 5.74) is 6.45. The van der Waals surface area contributed by atoms with Crippen molar-refractivity contribution in [3.8, 4) is 0 Å². The molecule has 1 aliphatic heterocycles. The van der Waals surface area contributed by atoms with Crippen LogP contribution in [0.15, 0.2) is 23.1 Å². The molecule has 1 aliphatic rings. The van der Waals surface area contributed by atoms with Gasteiger partial charge < -0.3 is 10.6 Å². The van der Waals surface area contributed by atoms with Crippen LogP contribution in [-0.2, 0) is 9.59 Å². The fraction of sp³-hybridized carbons (Fsp3) is 0.357. The Kier molecular flexibility index (Phi) is 3.85. The van der Waals surface area contributed by atoms with Gasteiger partial charge in [-0.1, -0.05) is 0 Å². The zero-order valence-corrected chi connectivity index (χ0v) is 12.2. The number of anilines is 1. The summed E-state index contributed by atoms with van der Waals surface area (Å²) in [6, 6.07) is 5.16. The first-order chi connectivity index (χ1) is 9.35. The molecule has 2 amide bonds. The highest BCUT2D eigenvalue weighted by atomic mass is 32.2. The lowest BCUT2D eigenvalue weighted by molar-refractivity contribution is -0.120. The monoisotopic (exact) mass is 292 g/mol. The Morgan fingerprint density at radius 3 is 2.75 bits per heavy atom. The molecule has 106 valence electrons. The second-order valence-electron chi connectivity index (χ2n) is 5.13. The number of nitrogens with two attached hydrogens (primary N) is 1. The van der Waals surface area contributed by atoms with E-state index < -0.39 is 10.7 Å². The highest BCUT2D eigenvalue weighted by molar-refractivity contribution is 8.01. The molecule has 1 heterocycles. The molecule has 2 N–H and O–H groups in total. The topological polar surface area (TPSA) is 80.5 Å². The molecule has 0 unspecified atom stereocenters. The van der Waals surface area contributed by atoms with Crippen molar-refractivity contribution in [2.45, 2.75) is 29.9 Å². The number of benzene rings is 1. The standard InChI is InChI=1S/C14H16N2O3S/c1-14(2)13(19)16(6-5-12(15)18)10-4-3-9(8-17)7-11(10)20-14/h3-4,7-8H,5-6H2,1-2H3,(H2,15,18). The Hall–Kier alpha value is -1.82. The SMILES string of the molecule is CC1(C)Sc2cc(C=O)ccc2N(CCC(N)=O)C1=O. The Labute approximate surface area is 121 Å². The summed E-state index contributed by atoms with van der Waals surface area (Å²) in [5.74, 6) is -0.505. The maximum Gasteiger partial charge on any atom is 0.243 e. The van der Waals surface area contributed by atoms with Crippen molar-refractivity contribution >= 4 is 35.5 Å². The second-order valence-corrected chi connectivity index (χ2v) is 6.80. The molecule has 1 aromatic carbocycles. The molecule has 20 heavy (non-hydrogen) atoms. The van der Waals surface area contributed by atoms with Gasteiger partial charge in [0, 0.05) is 23.4 Å². The first kappa shape index (κ1) is 14.6. The van der Waals surface area contributed by atoms with E-state index in [1.165, 1.54) is 11.8 Å². The van der Waals surface area contributed by atoms with Crippen LogP contribution in [0.2, 0.25) is 0 Å². The van der Waals surface area contributed by atoms with Gasteiger partial charge in [-0.25, -0.2) is 0 Å². The molecular weight excluding hydrogens is 276 g/mol. The van der Waals surface area contributed by atoms with E-state index in [0.717, 1.165) is 16.9 Å². The molecule has 2 rings (SSSR count). The molecular formula is C14H16N2O3S. The molecule has 0 atom stereocenters. The fourth-order valence-electron chi connectivity index (χ4n) is 2.11. The van der Waals surface area contributed by atoms with Crippen LogP contribution in [0.1, 0.15) is 30.6 Å². The average Bonchev–Trinajstić information content (AvgIpc) is 2.38. The van der Waals surface area contributed by atoms with Gasteiger partial charge in [0.1, 0.15) is 6.29 Å². The van der Waals surface area contributed by atoms with E-state index in [0.29, 0.717) is 5.56 Å². The Bertz CT molecular complexity index is 584. The van der Waals surface area contributed by atoms with E-state index >= 15 is 0 Å². The summed E-state index contributed by atoms with van der Waals surface area (Å²) < 4.78 is -0.633. The van der Waals surface area contributed by atoms with Crippen molar-refractivity contribution in [3.05, 3.63) is 23.8 Å². The molecule has 0 bridgehead atoms. The molecule has 0 spiro atoms. The quantitative estimate of drug-likeness (QED) is 0.855. The maximum atomic E-state index is 12.5. The predicted octanol–water partition coefficient (Wildman–Crippen LogP) is 1.59.